The molecule has 0 saturated heterocycles. The van der Waals surface area contributed by atoms with E-state index in [0.29, 0.717) is 12.3 Å². The van der Waals surface area contributed by atoms with Crippen LogP contribution < -0.4 is 10.1 Å². The van der Waals surface area contributed by atoms with Gasteiger partial charge >= 0.3 is 0 Å². The quantitative estimate of drug-likeness (QED) is 0.822. The molecular weight excluding hydrogens is 324 g/mol. The van der Waals surface area contributed by atoms with Gasteiger partial charge in [0.05, 0.1) is 11.0 Å². The topological polar surface area (TPSA) is 58.6 Å². The molecule has 0 aliphatic heterocycles. The zero-order chi connectivity index (χ0) is 15.0. The normalized spacial score (nSPS) is 9.95. The van der Waals surface area contributed by atoms with Gasteiger partial charge in [-0.25, -0.2) is 0 Å². The number of ether oxygens (including phenoxy) is 1. The molecule has 2 amide bonds. The lowest BCUT2D eigenvalue weighted by molar-refractivity contribution is -0.136. The van der Waals surface area contributed by atoms with Crippen molar-refractivity contribution in [2.24, 2.45) is 0 Å². The summed E-state index contributed by atoms with van der Waals surface area (Å²) in [6.07, 6.45) is 0.870. The monoisotopic (exact) mass is 342 g/mol. The molecule has 110 valence electrons. The predicted molar refractivity (Wildman–Crippen MR) is 80.6 cm³/mol. The summed E-state index contributed by atoms with van der Waals surface area (Å²) in [4.78, 5) is 24.7. The first kappa shape index (κ1) is 16.5. The maximum Gasteiger partial charge on any atom is 0.260 e. The molecule has 0 unspecified atom stereocenters. The van der Waals surface area contributed by atoms with E-state index in [-0.39, 0.29) is 25.0 Å². The fourth-order valence-electron chi connectivity index (χ4n) is 1.44. The van der Waals surface area contributed by atoms with Gasteiger partial charge in [0.1, 0.15) is 5.75 Å². The second kappa shape index (κ2) is 8.58. The van der Waals surface area contributed by atoms with Crippen molar-refractivity contribution >= 4 is 27.7 Å². The summed E-state index contributed by atoms with van der Waals surface area (Å²) in [5.74, 6) is 0.195. The standard InChI is InChI=1S/C14H19BrN2O3/c1-3-8-16-13(18)9-17(2)14(19)10-20-12-7-5-4-6-11(12)15/h4-7H,3,8-10H2,1-2H3,(H,16,18). The van der Waals surface area contributed by atoms with Crippen molar-refractivity contribution in [1.29, 1.82) is 0 Å². The van der Waals surface area contributed by atoms with Crippen LogP contribution >= 0.6 is 15.9 Å². The lowest BCUT2D eigenvalue weighted by Crippen LogP contribution is -2.40. The molecule has 0 heterocycles. The van der Waals surface area contributed by atoms with Gasteiger partial charge in [-0.15, -0.1) is 0 Å². The highest BCUT2D eigenvalue weighted by atomic mass is 79.9. The second-order valence-electron chi connectivity index (χ2n) is 4.32. The number of nitrogens with zero attached hydrogens (tertiary/aromatic N) is 1. The van der Waals surface area contributed by atoms with Crippen LogP contribution in [-0.2, 0) is 9.59 Å². The molecule has 20 heavy (non-hydrogen) atoms. The fourth-order valence-corrected chi connectivity index (χ4v) is 1.83. The van der Waals surface area contributed by atoms with Crippen molar-refractivity contribution in [3.63, 3.8) is 0 Å². The van der Waals surface area contributed by atoms with Crippen LogP contribution in [0.5, 0.6) is 5.75 Å². The molecule has 0 fully saturated rings. The number of rotatable bonds is 7. The van der Waals surface area contributed by atoms with Gasteiger partial charge in [-0.05, 0) is 34.5 Å². The number of nitrogens with one attached hydrogen (secondary N) is 1. The Morgan fingerprint density at radius 1 is 1.35 bits per heavy atom. The molecule has 0 spiro atoms. The van der Waals surface area contributed by atoms with Crippen LogP contribution in [0.25, 0.3) is 0 Å². The summed E-state index contributed by atoms with van der Waals surface area (Å²) in [6, 6.07) is 7.29. The predicted octanol–water partition coefficient (Wildman–Crippen LogP) is 1.81. The number of hydrogen-bond donors (Lipinski definition) is 1. The van der Waals surface area contributed by atoms with Gasteiger partial charge in [-0.1, -0.05) is 19.1 Å². The van der Waals surface area contributed by atoms with Crippen LogP contribution in [0.3, 0.4) is 0 Å². The number of benzene rings is 1. The Hall–Kier alpha value is -1.56. The Kier molecular flexibility index (Phi) is 7.08. The molecule has 1 rings (SSSR count). The molecule has 0 saturated carbocycles. The number of halogens is 1. The Morgan fingerprint density at radius 2 is 2.05 bits per heavy atom. The summed E-state index contributed by atoms with van der Waals surface area (Å²) in [5.41, 5.74) is 0. The van der Waals surface area contributed by atoms with Crippen molar-refractivity contribution in [3.8, 4) is 5.75 Å². The van der Waals surface area contributed by atoms with E-state index in [2.05, 4.69) is 21.2 Å². The minimum absolute atomic E-state index is 0.0398. The Bertz CT molecular complexity index is 465. The maximum absolute atomic E-state index is 11.8. The van der Waals surface area contributed by atoms with Crippen molar-refractivity contribution in [2.75, 3.05) is 26.7 Å². The molecule has 6 heteroatoms. The van der Waals surface area contributed by atoms with Crippen LogP contribution in [0, 0.1) is 0 Å². The van der Waals surface area contributed by atoms with Crippen molar-refractivity contribution in [2.45, 2.75) is 13.3 Å². The molecule has 1 N–H and O–H groups in total. The Labute approximate surface area is 127 Å². The molecule has 0 atom stereocenters. The first-order valence-corrected chi connectivity index (χ1v) is 7.22. The third kappa shape index (κ3) is 5.61. The van der Waals surface area contributed by atoms with Gasteiger partial charge in [0.25, 0.3) is 5.91 Å². The van der Waals surface area contributed by atoms with E-state index >= 15 is 0 Å². The highest BCUT2D eigenvalue weighted by molar-refractivity contribution is 9.10. The third-order valence-corrected chi connectivity index (χ3v) is 3.22. The number of likely N-dealkylation sites (N-methyl/N-ethyl adjacent to an activating group) is 1. The van der Waals surface area contributed by atoms with E-state index in [9.17, 15) is 9.59 Å². The highest BCUT2D eigenvalue weighted by Gasteiger charge is 2.13. The number of carbonyl (C=O) groups is 2. The molecule has 0 bridgehead atoms. The summed E-state index contributed by atoms with van der Waals surface area (Å²) < 4.78 is 6.20. The average Bonchev–Trinajstić information content (AvgIpc) is 2.43. The third-order valence-electron chi connectivity index (χ3n) is 2.57. The van der Waals surface area contributed by atoms with Crippen molar-refractivity contribution in [1.82, 2.24) is 10.2 Å². The van der Waals surface area contributed by atoms with Crippen molar-refractivity contribution in [3.05, 3.63) is 28.7 Å². The summed E-state index contributed by atoms with van der Waals surface area (Å²) in [6.45, 7) is 2.54. The van der Waals surface area contributed by atoms with Gasteiger partial charge in [0, 0.05) is 13.6 Å². The highest BCUT2D eigenvalue weighted by Crippen LogP contribution is 2.23. The van der Waals surface area contributed by atoms with Gasteiger partial charge in [0.2, 0.25) is 5.91 Å². The van der Waals surface area contributed by atoms with E-state index in [1.165, 1.54) is 4.90 Å². The largest absolute Gasteiger partial charge is 0.483 e. The first-order chi connectivity index (χ1) is 9.54. The number of carbonyl (C=O) groups excluding carboxylic acids is 2. The average molecular weight is 343 g/mol. The van der Waals surface area contributed by atoms with Gasteiger partial charge in [-0.2, -0.15) is 0 Å². The van der Waals surface area contributed by atoms with E-state index < -0.39 is 0 Å². The number of hydrogen-bond acceptors (Lipinski definition) is 3. The van der Waals surface area contributed by atoms with Crippen LogP contribution in [0.15, 0.2) is 28.7 Å². The van der Waals surface area contributed by atoms with Gasteiger partial charge in [0.15, 0.2) is 6.61 Å². The number of amides is 2. The van der Waals surface area contributed by atoms with Gasteiger partial charge < -0.3 is 15.0 Å². The zero-order valence-electron chi connectivity index (χ0n) is 11.7. The molecule has 0 aromatic heterocycles. The molecule has 5 nitrogen and oxygen atoms in total. The molecule has 0 aliphatic carbocycles. The first-order valence-electron chi connectivity index (χ1n) is 6.42. The zero-order valence-corrected chi connectivity index (χ0v) is 13.3. The molecular formula is C14H19BrN2O3. The minimum atomic E-state index is -0.243. The van der Waals surface area contributed by atoms with E-state index in [1.807, 2.05) is 25.1 Å². The lowest BCUT2D eigenvalue weighted by atomic mass is 10.3. The Balaban J connectivity index is 2.39. The summed E-state index contributed by atoms with van der Waals surface area (Å²) in [7, 11) is 1.58. The molecule has 0 aliphatic rings. The van der Waals surface area contributed by atoms with Crippen molar-refractivity contribution < 1.29 is 14.3 Å². The van der Waals surface area contributed by atoms with Crippen LogP contribution in [0.1, 0.15) is 13.3 Å². The maximum atomic E-state index is 11.8. The fraction of sp³-hybridized carbons (Fsp3) is 0.429. The van der Waals surface area contributed by atoms with E-state index in [1.54, 1.807) is 13.1 Å². The van der Waals surface area contributed by atoms with Crippen LogP contribution in [-0.4, -0.2) is 43.5 Å². The Morgan fingerprint density at radius 3 is 2.70 bits per heavy atom. The minimum Gasteiger partial charge on any atom is -0.483 e. The van der Waals surface area contributed by atoms with Crippen LogP contribution in [0.2, 0.25) is 0 Å². The molecule has 1 aromatic carbocycles. The summed E-state index contributed by atoms with van der Waals surface area (Å²) >= 11 is 3.34. The summed E-state index contributed by atoms with van der Waals surface area (Å²) in [5, 5.41) is 2.72. The number of para-hydroxylation sites is 1. The SMILES string of the molecule is CCCNC(=O)CN(C)C(=O)COc1ccccc1Br. The smallest absolute Gasteiger partial charge is 0.260 e. The van der Waals surface area contributed by atoms with E-state index in [4.69, 9.17) is 4.74 Å². The van der Waals surface area contributed by atoms with Gasteiger partial charge in [-0.3, -0.25) is 9.59 Å². The molecule has 1 aromatic rings. The lowest BCUT2D eigenvalue weighted by Gasteiger charge is -2.17. The van der Waals surface area contributed by atoms with Crippen LogP contribution in [0.4, 0.5) is 0 Å². The van der Waals surface area contributed by atoms with E-state index in [0.717, 1.165) is 10.9 Å². The molecule has 0 radical (unpaired) electrons. The second-order valence-corrected chi connectivity index (χ2v) is 5.17.